The Bertz CT molecular complexity index is 213. The first-order valence-electron chi connectivity index (χ1n) is 4.99. The summed E-state index contributed by atoms with van der Waals surface area (Å²) in [6.07, 6.45) is 3.90. The van der Waals surface area contributed by atoms with E-state index in [1.54, 1.807) is 0 Å². The molecule has 0 aliphatic heterocycles. The second kappa shape index (κ2) is 3.88. The van der Waals surface area contributed by atoms with Gasteiger partial charge in [0.25, 0.3) is 0 Å². The van der Waals surface area contributed by atoms with E-state index in [1.807, 2.05) is 0 Å². The van der Waals surface area contributed by atoms with Crippen molar-refractivity contribution in [2.45, 2.75) is 46.5 Å². The lowest BCUT2D eigenvalue weighted by molar-refractivity contribution is -0.115. The maximum Gasteiger partial charge on any atom is 0.159 e. The second-order valence-electron chi connectivity index (χ2n) is 3.44. The van der Waals surface area contributed by atoms with Crippen LogP contribution in [0.3, 0.4) is 0 Å². The third kappa shape index (κ3) is 1.45. The monoisotopic (exact) mass is 166 g/mol. The molecule has 0 heterocycles. The van der Waals surface area contributed by atoms with Gasteiger partial charge in [0.2, 0.25) is 0 Å². The number of rotatable bonds is 3. The van der Waals surface area contributed by atoms with Gasteiger partial charge in [0.05, 0.1) is 0 Å². The Morgan fingerprint density at radius 3 is 2.33 bits per heavy atom. The van der Waals surface area contributed by atoms with Crippen LogP contribution in [-0.2, 0) is 4.79 Å². The van der Waals surface area contributed by atoms with Crippen molar-refractivity contribution in [3.63, 3.8) is 0 Å². The van der Waals surface area contributed by atoms with E-state index in [-0.39, 0.29) is 0 Å². The third-order valence-corrected chi connectivity index (χ3v) is 2.88. The second-order valence-corrected chi connectivity index (χ2v) is 3.44. The van der Waals surface area contributed by atoms with Crippen molar-refractivity contribution in [3.05, 3.63) is 11.1 Å². The van der Waals surface area contributed by atoms with Crippen molar-refractivity contribution < 1.29 is 4.79 Å². The first-order valence-corrected chi connectivity index (χ1v) is 4.99. The Labute approximate surface area is 74.9 Å². The Hall–Kier alpha value is -0.590. The number of carbonyl (C=O) groups is 1. The Kier molecular flexibility index (Phi) is 3.07. The molecule has 1 unspecified atom stereocenters. The molecule has 0 aromatic rings. The van der Waals surface area contributed by atoms with Gasteiger partial charge >= 0.3 is 0 Å². The van der Waals surface area contributed by atoms with E-state index in [0.717, 1.165) is 31.3 Å². The van der Waals surface area contributed by atoms with Gasteiger partial charge in [-0.05, 0) is 30.8 Å². The van der Waals surface area contributed by atoms with E-state index in [0.29, 0.717) is 11.7 Å². The summed E-state index contributed by atoms with van der Waals surface area (Å²) >= 11 is 0. The van der Waals surface area contributed by atoms with E-state index in [4.69, 9.17) is 0 Å². The average molecular weight is 166 g/mol. The van der Waals surface area contributed by atoms with Gasteiger partial charge in [-0.2, -0.15) is 0 Å². The summed E-state index contributed by atoms with van der Waals surface area (Å²) in [7, 11) is 0. The fourth-order valence-corrected chi connectivity index (χ4v) is 2.21. The number of hydrogen-bond acceptors (Lipinski definition) is 1. The highest BCUT2D eigenvalue weighted by Crippen LogP contribution is 2.34. The average Bonchev–Trinajstić information content (AvgIpc) is 2.40. The standard InChI is InChI=1S/C11H18O/c1-4-8-7-11(12)10(6-3)9(8)5-2/h8H,4-7H2,1-3H3. The zero-order valence-electron chi connectivity index (χ0n) is 8.31. The van der Waals surface area contributed by atoms with Crippen LogP contribution in [0.5, 0.6) is 0 Å². The molecule has 1 rings (SSSR count). The van der Waals surface area contributed by atoms with Crippen molar-refractivity contribution in [1.29, 1.82) is 0 Å². The molecule has 0 amide bonds. The molecule has 0 aromatic heterocycles. The number of Topliss-reactive ketones (excluding diaryl/α,β-unsaturated/α-hetero) is 1. The molecule has 0 bridgehead atoms. The largest absolute Gasteiger partial charge is 0.295 e. The molecule has 0 N–H and O–H groups in total. The molecule has 0 fully saturated rings. The quantitative estimate of drug-likeness (QED) is 0.629. The molecule has 68 valence electrons. The highest BCUT2D eigenvalue weighted by atomic mass is 16.1. The van der Waals surface area contributed by atoms with Crippen LogP contribution >= 0.6 is 0 Å². The van der Waals surface area contributed by atoms with Crippen molar-refractivity contribution >= 4 is 5.78 Å². The van der Waals surface area contributed by atoms with Crippen LogP contribution in [0, 0.1) is 5.92 Å². The molecule has 0 spiro atoms. The van der Waals surface area contributed by atoms with E-state index in [9.17, 15) is 4.79 Å². The summed E-state index contributed by atoms with van der Waals surface area (Å²) in [4.78, 5) is 11.5. The van der Waals surface area contributed by atoms with Crippen molar-refractivity contribution in [1.82, 2.24) is 0 Å². The van der Waals surface area contributed by atoms with Crippen molar-refractivity contribution in [3.8, 4) is 0 Å². The molecule has 0 radical (unpaired) electrons. The molecule has 1 aliphatic rings. The lowest BCUT2D eigenvalue weighted by Gasteiger charge is -2.09. The lowest BCUT2D eigenvalue weighted by Crippen LogP contribution is -1.97. The molecular formula is C11H18O. The van der Waals surface area contributed by atoms with Gasteiger partial charge in [-0.25, -0.2) is 0 Å². The predicted octanol–water partition coefficient (Wildman–Crippen LogP) is 3.10. The van der Waals surface area contributed by atoms with E-state index in [1.165, 1.54) is 5.57 Å². The van der Waals surface area contributed by atoms with Gasteiger partial charge in [-0.15, -0.1) is 0 Å². The van der Waals surface area contributed by atoms with Crippen LogP contribution in [-0.4, -0.2) is 5.78 Å². The summed E-state index contributed by atoms with van der Waals surface area (Å²) in [6, 6.07) is 0. The molecule has 1 aliphatic carbocycles. The molecule has 0 aromatic carbocycles. The maximum absolute atomic E-state index is 11.5. The fraction of sp³-hybridized carbons (Fsp3) is 0.727. The van der Waals surface area contributed by atoms with Gasteiger partial charge in [0.15, 0.2) is 5.78 Å². The summed E-state index contributed by atoms with van der Waals surface area (Å²) in [5.74, 6) is 0.971. The topological polar surface area (TPSA) is 17.1 Å². The van der Waals surface area contributed by atoms with Crippen LogP contribution in [0.1, 0.15) is 46.5 Å². The van der Waals surface area contributed by atoms with Crippen LogP contribution in [0.25, 0.3) is 0 Å². The minimum Gasteiger partial charge on any atom is -0.295 e. The minimum absolute atomic E-state index is 0.404. The molecule has 12 heavy (non-hydrogen) atoms. The van der Waals surface area contributed by atoms with Crippen LogP contribution in [0.15, 0.2) is 11.1 Å². The van der Waals surface area contributed by atoms with Gasteiger partial charge < -0.3 is 0 Å². The third-order valence-electron chi connectivity index (χ3n) is 2.88. The molecule has 0 saturated heterocycles. The van der Waals surface area contributed by atoms with Gasteiger partial charge in [0.1, 0.15) is 0 Å². The van der Waals surface area contributed by atoms with Crippen LogP contribution < -0.4 is 0 Å². The smallest absolute Gasteiger partial charge is 0.159 e. The van der Waals surface area contributed by atoms with Gasteiger partial charge in [-0.1, -0.05) is 26.3 Å². The molecule has 1 atom stereocenters. The molecule has 1 heteroatoms. The minimum atomic E-state index is 0.404. The molecular weight excluding hydrogens is 148 g/mol. The van der Waals surface area contributed by atoms with E-state index >= 15 is 0 Å². The van der Waals surface area contributed by atoms with Gasteiger partial charge in [-0.3, -0.25) is 4.79 Å². The highest BCUT2D eigenvalue weighted by molar-refractivity contribution is 5.99. The zero-order valence-corrected chi connectivity index (χ0v) is 8.31. The first-order chi connectivity index (χ1) is 5.74. The SMILES string of the molecule is CCC1=C(CC)C(CC)CC1=O. The number of ketones is 1. The Morgan fingerprint density at radius 1 is 1.25 bits per heavy atom. The molecule has 0 saturated carbocycles. The summed E-state index contributed by atoms with van der Waals surface area (Å²) in [6.45, 7) is 6.42. The fourth-order valence-electron chi connectivity index (χ4n) is 2.21. The Balaban J connectivity index is 2.90. The highest BCUT2D eigenvalue weighted by Gasteiger charge is 2.28. The zero-order chi connectivity index (χ0) is 9.14. The van der Waals surface area contributed by atoms with Crippen LogP contribution in [0.4, 0.5) is 0 Å². The predicted molar refractivity (Wildman–Crippen MR) is 51.0 cm³/mol. The lowest BCUT2D eigenvalue weighted by atomic mass is 9.95. The van der Waals surface area contributed by atoms with Crippen molar-refractivity contribution in [2.75, 3.05) is 0 Å². The number of allylic oxidation sites excluding steroid dienone is 2. The summed E-state index contributed by atoms with van der Waals surface area (Å²) in [5, 5.41) is 0. The molecule has 1 nitrogen and oxygen atoms in total. The number of hydrogen-bond donors (Lipinski definition) is 0. The normalized spacial score (nSPS) is 23.9. The summed E-state index contributed by atoms with van der Waals surface area (Å²) in [5.41, 5.74) is 2.56. The van der Waals surface area contributed by atoms with E-state index in [2.05, 4.69) is 20.8 Å². The first kappa shape index (κ1) is 9.50. The Morgan fingerprint density at radius 2 is 1.92 bits per heavy atom. The van der Waals surface area contributed by atoms with Crippen LogP contribution in [0.2, 0.25) is 0 Å². The van der Waals surface area contributed by atoms with E-state index < -0.39 is 0 Å². The van der Waals surface area contributed by atoms with Gasteiger partial charge in [0, 0.05) is 6.42 Å². The van der Waals surface area contributed by atoms with Crippen molar-refractivity contribution in [2.24, 2.45) is 5.92 Å². The summed E-state index contributed by atoms with van der Waals surface area (Å²) < 4.78 is 0. The number of carbonyl (C=O) groups excluding carboxylic acids is 1. The maximum atomic E-state index is 11.5.